The molecule has 0 bridgehead atoms. The SMILES string of the molecule is O=C1OC(c2ccccc2)=CC12C(c1ccccc1)C(c1ccccc1)=NN2c1ccccc1. The van der Waals surface area contributed by atoms with Gasteiger partial charge in [-0.1, -0.05) is 109 Å². The van der Waals surface area contributed by atoms with Gasteiger partial charge in [-0.25, -0.2) is 9.80 Å². The average Bonchev–Trinajstić information content (AvgIpc) is 3.44. The van der Waals surface area contributed by atoms with Crippen molar-refractivity contribution in [2.75, 3.05) is 5.01 Å². The Morgan fingerprint density at radius 1 is 0.676 bits per heavy atom. The van der Waals surface area contributed by atoms with Gasteiger partial charge in [0.05, 0.1) is 17.3 Å². The van der Waals surface area contributed by atoms with Gasteiger partial charge in [0.25, 0.3) is 0 Å². The van der Waals surface area contributed by atoms with Crippen LogP contribution in [-0.2, 0) is 9.53 Å². The number of para-hydroxylation sites is 1. The maximum atomic E-state index is 13.9. The maximum Gasteiger partial charge on any atom is 0.344 e. The molecular weight excluding hydrogens is 420 g/mol. The van der Waals surface area contributed by atoms with Crippen molar-refractivity contribution >= 4 is 23.1 Å². The monoisotopic (exact) mass is 442 g/mol. The first kappa shape index (κ1) is 20.2. The summed E-state index contributed by atoms with van der Waals surface area (Å²) in [5.41, 5.74) is 3.35. The van der Waals surface area contributed by atoms with Crippen molar-refractivity contribution in [3.05, 3.63) is 144 Å². The predicted molar refractivity (Wildman–Crippen MR) is 134 cm³/mol. The van der Waals surface area contributed by atoms with Crippen LogP contribution >= 0.6 is 0 Å². The Balaban J connectivity index is 1.62. The number of hydrogen-bond acceptors (Lipinski definition) is 4. The van der Waals surface area contributed by atoms with Gasteiger partial charge in [-0.15, -0.1) is 0 Å². The lowest BCUT2D eigenvalue weighted by Gasteiger charge is -2.34. The molecule has 34 heavy (non-hydrogen) atoms. The first-order chi connectivity index (χ1) is 16.8. The summed E-state index contributed by atoms with van der Waals surface area (Å²) < 4.78 is 5.98. The number of cyclic esters (lactones) is 1. The normalized spacial score (nSPS) is 21.4. The van der Waals surface area contributed by atoms with Crippen LogP contribution in [0, 0.1) is 0 Å². The summed E-state index contributed by atoms with van der Waals surface area (Å²) in [4.78, 5) is 13.9. The summed E-state index contributed by atoms with van der Waals surface area (Å²) in [6.45, 7) is 0. The molecule has 2 heterocycles. The number of anilines is 1. The van der Waals surface area contributed by atoms with Gasteiger partial charge in [0.15, 0.2) is 5.54 Å². The second-order valence-electron chi connectivity index (χ2n) is 8.43. The van der Waals surface area contributed by atoms with Crippen LogP contribution in [0.15, 0.2) is 133 Å². The zero-order valence-electron chi connectivity index (χ0n) is 18.4. The van der Waals surface area contributed by atoms with Crippen LogP contribution in [0.4, 0.5) is 5.69 Å². The van der Waals surface area contributed by atoms with Crippen LogP contribution in [0.5, 0.6) is 0 Å². The molecule has 164 valence electrons. The topological polar surface area (TPSA) is 41.9 Å². The minimum Gasteiger partial charge on any atom is -0.424 e. The van der Waals surface area contributed by atoms with Crippen molar-refractivity contribution in [3.63, 3.8) is 0 Å². The molecule has 0 fully saturated rings. The fourth-order valence-corrected chi connectivity index (χ4v) is 4.87. The molecule has 4 aromatic rings. The summed E-state index contributed by atoms with van der Waals surface area (Å²) >= 11 is 0. The number of rotatable bonds is 4. The number of hydrogen-bond donors (Lipinski definition) is 0. The molecule has 0 N–H and O–H groups in total. The lowest BCUT2D eigenvalue weighted by molar-refractivity contribution is -0.139. The van der Waals surface area contributed by atoms with E-state index in [2.05, 4.69) is 12.1 Å². The summed E-state index contributed by atoms with van der Waals surface area (Å²) in [7, 11) is 0. The molecule has 0 saturated heterocycles. The van der Waals surface area contributed by atoms with E-state index in [0.717, 1.165) is 28.1 Å². The quantitative estimate of drug-likeness (QED) is 0.362. The van der Waals surface area contributed by atoms with Crippen molar-refractivity contribution in [2.45, 2.75) is 11.5 Å². The number of hydrazone groups is 1. The molecule has 0 aromatic heterocycles. The Morgan fingerprint density at radius 2 is 1.21 bits per heavy atom. The summed E-state index contributed by atoms with van der Waals surface area (Å²) in [5.74, 6) is -0.138. The second-order valence-corrected chi connectivity index (χ2v) is 8.43. The van der Waals surface area contributed by atoms with Crippen molar-refractivity contribution in [2.24, 2.45) is 5.10 Å². The van der Waals surface area contributed by atoms with Crippen LogP contribution < -0.4 is 5.01 Å². The summed E-state index contributed by atoms with van der Waals surface area (Å²) in [5, 5.41) is 6.94. The summed E-state index contributed by atoms with van der Waals surface area (Å²) in [6, 6.07) is 39.7. The Hall–Kier alpha value is -4.44. The first-order valence-electron chi connectivity index (χ1n) is 11.3. The Bertz CT molecular complexity index is 1380. The number of nitrogens with zero attached hydrogens (tertiary/aromatic N) is 2. The van der Waals surface area contributed by atoms with Gasteiger partial charge in [0, 0.05) is 5.56 Å². The van der Waals surface area contributed by atoms with Crippen LogP contribution in [0.25, 0.3) is 5.76 Å². The Labute approximate surface area is 198 Å². The smallest absolute Gasteiger partial charge is 0.344 e. The van der Waals surface area contributed by atoms with Crippen LogP contribution in [-0.4, -0.2) is 17.2 Å². The van der Waals surface area contributed by atoms with Crippen molar-refractivity contribution < 1.29 is 9.53 Å². The molecule has 1 spiro atoms. The Morgan fingerprint density at radius 3 is 1.82 bits per heavy atom. The number of ether oxygens (including phenoxy) is 1. The molecule has 0 amide bonds. The average molecular weight is 443 g/mol. The molecule has 4 nitrogen and oxygen atoms in total. The summed E-state index contributed by atoms with van der Waals surface area (Å²) in [6.07, 6.45) is 1.95. The van der Waals surface area contributed by atoms with E-state index in [1.54, 1.807) is 0 Å². The van der Waals surface area contributed by atoms with Crippen molar-refractivity contribution in [1.29, 1.82) is 0 Å². The highest BCUT2D eigenvalue weighted by atomic mass is 16.5. The molecule has 0 radical (unpaired) electrons. The molecule has 2 aliphatic rings. The molecule has 4 heteroatoms. The van der Waals surface area contributed by atoms with Gasteiger partial charge in [0.1, 0.15) is 5.76 Å². The van der Waals surface area contributed by atoms with E-state index >= 15 is 0 Å². The molecule has 6 rings (SSSR count). The van der Waals surface area contributed by atoms with Crippen LogP contribution in [0.3, 0.4) is 0 Å². The van der Waals surface area contributed by atoms with E-state index in [0.29, 0.717) is 5.76 Å². The zero-order chi connectivity index (χ0) is 23.0. The predicted octanol–water partition coefficient (Wildman–Crippen LogP) is 6.03. The van der Waals surface area contributed by atoms with Crippen molar-refractivity contribution in [1.82, 2.24) is 0 Å². The van der Waals surface area contributed by atoms with Gasteiger partial charge in [-0.2, -0.15) is 5.10 Å². The second kappa shape index (κ2) is 8.16. The molecule has 2 aliphatic heterocycles. The standard InChI is InChI=1S/C30H22N2O2/c33-29-30(21-26(34-29)22-13-5-1-6-14-22)27(23-15-7-2-8-16-23)28(24-17-9-3-10-18-24)31-32(30)25-19-11-4-12-20-25/h1-21,27H. The largest absolute Gasteiger partial charge is 0.424 e. The molecule has 0 saturated carbocycles. The lowest BCUT2D eigenvalue weighted by Crippen LogP contribution is -2.51. The molecule has 2 unspecified atom stereocenters. The van der Waals surface area contributed by atoms with Crippen molar-refractivity contribution in [3.8, 4) is 0 Å². The van der Waals surface area contributed by atoms with Gasteiger partial charge in [-0.05, 0) is 29.3 Å². The van der Waals surface area contributed by atoms with Gasteiger partial charge in [0.2, 0.25) is 0 Å². The Kier molecular flexibility index (Phi) is 4.84. The fraction of sp³-hybridized carbons (Fsp3) is 0.0667. The molecule has 0 aliphatic carbocycles. The third-order valence-corrected chi connectivity index (χ3v) is 6.41. The van der Waals surface area contributed by atoms with Gasteiger partial charge < -0.3 is 4.74 Å². The van der Waals surface area contributed by atoms with E-state index < -0.39 is 5.54 Å². The maximum absolute atomic E-state index is 13.9. The molecule has 4 aromatic carbocycles. The minimum atomic E-state index is -1.15. The van der Waals surface area contributed by atoms with E-state index in [-0.39, 0.29) is 11.9 Å². The van der Waals surface area contributed by atoms with E-state index in [1.165, 1.54) is 0 Å². The van der Waals surface area contributed by atoms with E-state index in [1.807, 2.05) is 120 Å². The van der Waals surface area contributed by atoms with Gasteiger partial charge >= 0.3 is 5.97 Å². The van der Waals surface area contributed by atoms with Crippen LogP contribution in [0.1, 0.15) is 22.6 Å². The van der Waals surface area contributed by atoms with E-state index in [9.17, 15) is 4.79 Å². The number of carbonyl (C=O) groups is 1. The number of esters is 1. The highest BCUT2D eigenvalue weighted by Crippen LogP contribution is 2.50. The third-order valence-electron chi connectivity index (χ3n) is 6.41. The lowest BCUT2D eigenvalue weighted by atomic mass is 9.75. The first-order valence-corrected chi connectivity index (χ1v) is 11.3. The number of carbonyl (C=O) groups excluding carboxylic acids is 1. The molecular formula is C30H22N2O2. The van der Waals surface area contributed by atoms with E-state index in [4.69, 9.17) is 9.84 Å². The minimum absolute atomic E-state index is 0.334. The van der Waals surface area contributed by atoms with Gasteiger partial charge in [-0.3, -0.25) is 0 Å². The third kappa shape index (κ3) is 3.15. The number of benzene rings is 4. The van der Waals surface area contributed by atoms with Crippen LogP contribution in [0.2, 0.25) is 0 Å². The highest BCUT2D eigenvalue weighted by molar-refractivity contribution is 6.15. The highest BCUT2D eigenvalue weighted by Gasteiger charge is 2.61. The zero-order valence-corrected chi connectivity index (χ0v) is 18.4. The fourth-order valence-electron chi connectivity index (χ4n) is 4.87. The molecule has 2 atom stereocenters.